The van der Waals surface area contributed by atoms with Gasteiger partial charge < -0.3 is 5.73 Å². The van der Waals surface area contributed by atoms with Crippen LogP contribution in [0.15, 0.2) is 24.7 Å². The van der Waals surface area contributed by atoms with E-state index in [9.17, 15) is 0 Å². The molecule has 0 spiro atoms. The number of aryl methyl sites for hydroxylation is 1. The number of hydrogen-bond acceptors (Lipinski definition) is 3. The van der Waals surface area contributed by atoms with E-state index in [1.807, 2.05) is 26.2 Å². The lowest BCUT2D eigenvalue weighted by Gasteiger charge is -2.07. The van der Waals surface area contributed by atoms with Crippen LogP contribution >= 0.6 is 36.4 Å². The zero-order chi connectivity index (χ0) is 11.7. The largest absolute Gasteiger partial charge is 0.323 e. The summed E-state index contributed by atoms with van der Waals surface area (Å²) in [6, 6.07) is 1.71. The maximum Gasteiger partial charge on any atom is 0.0754 e. The molecule has 1 atom stereocenters. The molecule has 0 saturated heterocycles. The van der Waals surface area contributed by atoms with Crippen LogP contribution in [0.1, 0.15) is 18.7 Å². The van der Waals surface area contributed by atoms with Crippen molar-refractivity contribution >= 4 is 36.4 Å². The summed E-state index contributed by atoms with van der Waals surface area (Å²) < 4.78 is 1.74. The highest BCUT2D eigenvalue weighted by Crippen LogP contribution is 2.25. The van der Waals surface area contributed by atoms with Gasteiger partial charge in [-0.3, -0.25) is 9.67 Å². The topological polar surface area (TPSA) is 56.7 Å². The highest BCUT2D eigenvalue weighted by atomic mass is 35.5. The molecule has 0 aromatic carbocycles. The Kier molecular flexibility index (Phi) is 6.63. The van der Waals surface area contributed by atoms with Crippen molar-refractivity contribution in [2.75, 3.05) is 0 Å². The first kappa shape index (κ1) is 17.2. The minimum atomic E-state index is -0.157. The van der Waals surface area contributed by atoms with E-state index in [2.05, 4.69) is 10.1 Å². The molecule has 0 aliphatic rings. The van der Waals surface area contributed by atoms with E-state index in [1.165, 1.54) is 0 Å². The van der Waals surface area contributed by atoms with Gasteiger partial charge in [0.05, 0.1) is 16.9 Å². The third-order valence-electron chi connectivity index (χ3n) is 2.34. The van der Waals surface area contributed by atoms with Gasteiger partial charge in [-0.25, -0.2) is 0 Å². The number of hydrogen-bond donors (Lipinski definition) is 1. The van der Waals surface area contributed by atoms with Crippen LogP contribution < -0.4 is 5.73 Å². The minimum Gasteiger partial charge on any atom is -0.323 e. The molecular weight excluding hydrogens is 295 g/mol. The Hall–Kier alpha value is -0.810. The monoisotopic (exact) mass is 308 g/mol. The van der Waals surface area contributed by atoms with Gasteiger partial charge in [-0.05, 0) is 13.0 Å². The standard InChI is InChI=1S/C11H13ClN4.2ClH/c1-7(13)11-10(12)3-8(4-14-11)9-5-15-16(2)6-9;;/h3-7H,13H2,1-2H3;2*1H. The molecule has 0 aliphatic carbocycles. The average Bonchev–Trinajstić information content (AvgIpc) is 2.64. The Bertz CT molecular complexity index is 511. The number of rotatable bonds is 2. The normalized spacial score (nSPS) is 11.3. The molecule has 0 aliphatic heterocycles. The van der Waals surface area contributed by atoms with Crippen molar-refractivity contribution in [3.63, 3.8) is 0 Å². The molecular formula is C11H15Cl3N4. The Morgan fingerprint density at radius 1 is 1.28 bits per heavy atom. The molecule has 4 nitrogen and oxygen atoms in total. The predicted octanol–water partition coefficient (Wildman–Crippen LogP) is 3.00. The average molecular weight is 310 g/mol. The third kappa shape index (κ3) is 3.59. The van der Waals surface area contributed by atoms with Crippen molar-refractivity contribution in [3.8, 4) is 11.1 Å². The smallest absolute Gasteiger partial charge is 0.0754 e. The highest BCUT2D eigenvalue weighted by molar-refractivity contribution is 6.31. The zero-order valence-corrected chi connectivity index (χ0v) is 12.4. The summed E-state index contributed by atoms with van der Waals surface area (Å²) in [4.78, 5) is 4.27. The van der Waals surface area contributed by atoms with Crippen molar-refractivity contribution in [2.24, 2.45) is 12.8 Å². The molecule has 1 unspecified atom stereocenters. The van der Waals surface area contributed by atoms with Gasteiger partial charge in [0.1, 0.15) is 0 Å². The fourth-order valence-corrected chi connectivity index (χ4v) is 1.85. The molecule has 2 aromatic rings. The quantitative estimate of drug-likeness (QED) is 0.928. The number of pyridine rings is 1. The van der Waals surface area contributed by atoms with Gasteiger partial charge in [0, 0.05) is 36.6 Å². The number of aromatic nitrogens is 3. The van der Waals surface area contributed by atoms with Crippen LogP contribution in [0.5, 0.6) is 0 Å². The molecule has 0 radical (unpaired) electrons. The van der Waals surface area contributed by atoms with Crippen molar-refractivity contribution in [2.45, 2.75) is 13.0 Å². The van der Waals surface area contributed by atoms with Crippen LogP contribution in [0.25, 0.3) is 11.1 Å². The van der Waals surface area contributed by atoms with Gasteiger partial charge in [0.2, 0.25) is 0 Å². The first-order chi connectivity index (χ1) is 7.58. The van der Waals surface area contributed by atoms with Crippen molar-refractivity contribution in [3.05, 3.63) is 35.4 Å². The molecule has 2 N–H and O–H groups in total. The molecule has 0 bridgehead atoms. The van der Waals surface area contributed by atoms with Crippen LogP contribution in [0.2, 0.25) is 5.02 Å². The molecule has 2 aromatic heterocycles. The van der Waals surface area contributed by atoms with Crippen LogP contribution in [-0.4, -0.2) is 14.8 Å². The summed E-state index contributed by atoms with van der Waals surface area (Å²) in [6.07, 6.45) is 5.46. The molecule has 2 rings (SSSR count). The van der Waals surface area contributed by atoms with Gasteiger partial charge in [-0.2, -0.15) is 5.10 Å². The second-order valence-electron chi connectivity index (χ2n) is 3.78. The maximum absolute atomic E-state index is 6.11. The summed E-state index contributed by atoms with van der Waals surface area (Å²) in [6.45, 7) is 1.86. The third-order valence-corrected chi connectivity index (χ3v) is 2.64. The first-order valence-electron chi connectivity index (χ1n) is 4.98. The second kappa shape index (κ2) is 6.95. The fraction of sp³-hybridized carbons (Fsp3) is 0.273. The summed E-state index contributed by atoms with van der Waals surface area (Å²) in [7, 11) is 1.87. The van der Waals surface area contributed by atoms with Gasteiger partial charge >= 0.3 is 0 Å². The van der Waals surface area contributed by atoms with Crippen molar-refractivity contribution < 1.29 is 0 Å². The maximum atomic E-state index is 6.11. The van der Waals surface area contributed by atoms with Gasteiger partial charge in [-0.15, -0.1) is 24.8 Å². The minimum absolute atomic E-state index is 0. The Balaban J connectivity index is 0.00000144. The highest BCUT2D eigenvalue weighted by Gasteiger charge is 2.09. The molecule has 7 heteroatoms. The Morgan fingerprint density at radius 3 is 2.39 bits per heavy atom. The molecule has 18 heavy (non-hydrogen) atoms. The van der Waals surface area contributed by atoms with Crippen molar-refractivity contribution in [1.29, 1.82) is 0 Å². The van der Waals surface area contributed by atoms with E-state index in [1.54, 1.807) is 17.1 Å². The van der Waals surface area contributed by atoms with Crippen molar-refractivity contribution in [1.82, 2.24) is 14.8 Å². The van der Waals surface area contributed by atoms with E-state index in [0.717, 1.165) is 11.1 Å². The SMILES string of the molecule is CC(N)c1ncc(-c2cnn(C)c2)cc1Cl.Cl.Cl. The molecule has 100 valence electrons. The summed E-state index contributed by atoms with van der Waals surface area (Å²) in [5, 5.41) is 4.70. The molecule has 0 saturated carbocycles. The summed E-state index contributed by atoms with van der Waals surface area (Å²) in [5.74, 6) is 0. The number of nitrogens with two attached hydrogens (primary N) is 1. The van der Waals surface area contributed by atoms with Crippen LogP contribution in [-0.2, 0) is 7.05 Å². The Morgan fingerprint density at radius 2 is 1.94 bits per heavy atom. The lowest BCUT2D eigenvalue weighted by molar-refractivity contribution is 0.768. The first-order valence-corrected chi connectivity index (χ1v) is 5.36. The van der Waals surface area contributed by atoms with Crippen LogP contribution in [0.4, 0.5) is 0 Å². The number of nitrogens with zero attached hydrogens (tertiary/aromatic N) is 3. The van der Waals surface area contributed by atoms with E-state index >= 15 is 0 Å². The number of halogens is 3. The summed E-state index contributed by atoms with van der Waals surface area (Å²) >= 11 is 6.11. The van der Waals surface area contributed by atoms with Crippen LogP contribution in [0, 0.1) is 0 Å². The van der Waals surface area contributed by atoms with E-state index in [-0.39, 0.29) is 30.9 Å². The molecule has 0 fully saturated rings. The zero-order valence-electron chi connectivity index (χ0n) is 10.0. The second-order valence-corrected chi connectivity index (χ2v) is 4.19. The van der Waals surface area contributed by atoms with Gasteiger partial charge in [-0.1, -0.05) is 11.6 Å². The summed E-state index contributed by atoms with van der Waals surface area (Å²) in [5.41, 5.74) is 8.40. The fourth-order valence-electron chi connectivity index (χ4n) is 1.51. The van der Waals surface area contributed by atoms with E-state index in [4.69, 9.17) is 17.3 Å². The molecule has 2 heterocycles. The van der Waals surface area contributed by atoms with Gasteiger partial charge in [0.15, 0.2) is 0 Å². The van der Waals surface area contributed by atoms with Crippen LogP contribution in [0.3, 0.4) is 0 Å². The predicted molar refractivity (Wildman–Crippen MR) is 78.5 cm³/mol. The molecule has 0 amide bonds. The Labute approximate surface area is 123 Å². The van der Waals surface area contributed by atoms with E-state index < -0.39 is 0 Å². The van der Waals surface area contributed by atoms with E-state index in [0.29, 0.717) is 10.7 Å². The van der Waals surface area contributed by atoms with Gasteiger partial charge in [0.25, 0.3) is 0 Å². The lowest BCUT2D eigenvalue weighted by Crippen LogP contribution is -2.07. The lowest BCUT2D eigenvalue weighted by atomic mass is 10.1.